The molecule has 0 spiro atoms. The second-order valence-electron chi connectivity index (χ2n) is 5.86. The number of benzene rings is 1. The van der Waals surface area contributed by atoms with Crippen LogP contribution in [0.25, 0.3) is 11.0 Å². The first kappa shape index (κ1) is 16.0. The molecule has 0 aliphatic heterocycles. The van der Waals surface area contributed by atoms with E-state index in [2.05, 4.69) is 9.97 Å². The van der Waals surface area contributed by atoms with E-state index in [9.17, 15) is 4.79 Å². The highest BCUT2D eigenvalue weighted by atomic mass is 16.6. The van der Waals surface area contributed by atoms with Crippen LogP contribution in [0.5, 0.6) is 11.5 Å². The number of nitrogens with zero attached hydrogens (tertiary/aromatic N) is 2. The molecule has 6 heteroatoms. The summed E-state index contributed by atoms with van der Waals surface area (Å²) in [6.07, 6.45) is 0. The van der Waals surface area contributed by atoms with Crippen molar-refractivity contribution in [3.63, 3.8) is 0 Å². The van der Waals surface area contributed by atoms with Gasteiger partial charge in [0.2, 0.25) is 0 Å². The molecule has 0 radical (unpaired) electrons. The van der Waals surface area contributed by atoms with Gasteiger partial charge in [0.05, 0.1) is 30.9 Å². The predicted octanol–water partition coefficient (Wildman–Crippen LogP) is 2.91. The maximum absolute atomic E-state index is 12.2. The molecule has 2 aromatic rings. The van der Waals surface area contributed by atoms with Gasteiger partial charge < -0.3 is 14.2 Å². The Morgan fingerprint density at radius 3 is 1.95 bits per heavy atom. The lowest BCUT2D eigenvalue weighted by atomic mass is 10.2. The number of aryl methyl sites for hydroxylation is 1. The molecule has 6 nitrogen and oxygen atoms in total. The lowest BCUT2D eigenvalue weighted by Gasteiger charge is -2.19. The normalized spacial score (nSPS) is 11.4. The van der Waals surface area contributed by atoms with Crippen LogP contribution in [0, 0.1) is 6.92 Å². The van der Waals surface area contributed by atoms with E-state index >= 15 is 0 Å². The molecule has 0 fully saturated rings. The Hall–Kier alpha value is -2.37. The molecule has 0 N–H and O–H groups in total. The second kappa shape index (κ2) is 5.79. The van der Waals surface area contributed by atoms with E-state index in [4.69, 9.17) is 14.2 Å². The number of ether oxygens (including phenoxy) is 3. The molecule has 0 saturated carbocycles. The van der Waals surface area contributed by atoms with Gasteiger partial charge in [-0.25, -0.2) is 14.8 Å². The summed E-state index contributed by atoms with van der Waals surface area (Å²) in [6.45, 7) is 7.15. The molecule has 1 aromatic carbocycles. The van der Waals surface area contributed by atoms with Crippen LogP contribution in [0.3, 0.4) is 0 Å². The zero-order chi connectivity index (χ0) is 16.5. The van der Waals surface area contributed by atoms with Crippen molar-refractivity contribution in [2.24, 2.45) is 0 Å². The fraction of sp³-hybridized carbons (Fsp3) is 0.438. The Balaban J connectivity index is 2.54. The van der Waals surface area contributed by atoms with Gasteiger partial charge in [-0.1, -0.05) is 0 Å². The van der Waals surface area contributed by atoms with E-state index in [0.717, 1.165) is 0 Å². The van der Waals surface area contributed by atoms with Crippen molar-refractivity contribution in [1.82, 2.24) is 9.97 Å². The van der Waals surface area contributed by atoms with Gasteiger partial charge in [0.15, 0.2) is 17.2 Å². The van der Waals surface area contributed by atoms with E-state index in [-0.39, 0.29) is 5.69 Å². The number of carbonyl (C=O) groups is 1. The third kappa shape index (κ3) is 3.27. The van der Waals surface area contributed by atoms with Crippen LogP contribution in [-0.4, -0.2) is 35.8 Å². The minimum atomic E-state index is -0.586. The molecule has 0 aliphatic carbocycles. The Bertz CT molecular complexity index is 720. The Kier molecular flexibility index (Phi) is 4.21. The lowest BCUT2D eigenvalue weighted by Crippen LogP contribution is -2.25. The van der Waals surface area contributed by atoms with Gasteiger partial charge in [0, 0.05) is 12.1 Å². The van der Waals surface area contributed by atoms with Crippen LogP contribution in [0.2, 0.25) is 0 Å². The zero-order valence-electron chi connectivity index (χ0n) is 13.7. The van der Waals surface area contributed by atoms with E-state index in [1.54, 1.807) is 33.3 Å². The Labute approximate surface area is 129 Å². The van der Waals surface area contributed by atoms with Gasteiger partial charge in [-0.05, 0) is 27.7 Å². The monoisotopic (exact) mass is 304 g/mol. The van der Waals surface area contributed by atoms with E-state index < -0.39 is 11.6 Å². The average Bonchev–Trinajstić information content (AvgIpc) is 2.43. The van der Waals surface area contributed by atoms with Crippen LogP contribution in [0.15, 0.2) is 12.1 Å². The summed E-state index contributed by atoms with van der Waals surface area (Å²) in [7, 11) is 3.10. The highest BCUT2D eigenvalue weighted by Crippen LogP contribution is 2.31. The number of carbonyl (C=O) groups excluding carboxylic acids is 1. The van der Waals surface area contributed by atoms with E-state index in [1.807, 2.05) is 20.8 Å². The topological polar surface area (TPSA) is 70.5 Å². The highest BCUT2D eigenvalue weighted by Gasteiger charge is 2.22. The van der Waals surface area contributed by atoms with Crippen molar-refractivity contribution in [2.45, 2.75) is 33.3 Å². The summed E-state index contributed by atoms with van der Waals surface area (Å²) in [5, 5.41) is 0. The number of aromatic nitrogens is 2. The van der Waals surface area contributed by atoms with Crippen LogP contribution < -0.4 is 9.47 Å². The van der Waals surface area contributed by atoms with Crippen LogP contribution in [-0.2, 0) is 4.74 Å². The smallest absolute Gasteiger partial charge is 0.359 e. The summed E-state index contributed by atoms with van der Waals surface area (Å²) in [6, 6.07) is 3.42. The van der Waals surface area contributed by atoms with Gasteiger partial charge in [0.25, 0.3) is 0 Å². The SMILES string of the molecule is COc1cc2nc(C)c(C(=O)OC(C)(C)C)nc2cc1OC. The third-order valence-electron chi connectivity index (χ3n) is 2.94. The minimum absolute atomic E-state index is 0.203. The molecule has 1 aromatic heterocycles. The quantitative estimate of drug-likeness (QED) is 0.812. The van der Waals surface area contributed by atoms with Gasteiger partial charge in [-0.3, -0.25) is 0 Å². The largest absolute Gasteiger partial charge is 0.493 e. The molecule has 0 atom stereocenters. The zero-order valence-corrected chi connectivity index (χ0v) is 13.7. The third-order valence-corrected chi connectivity index (χ3v) is 2.94. The standard InChI is InChI=1S/C16H20N2O4/c1-9-14(15(19)22-16(2,3)4)18-11-8-13(21-6)12(20-5)7-10(11)17-9/h7-8H,1-6H3. The average molecular weight is 304 g/mol. The van der Waals surface area contributed by atoms with Crippen molar-refractivity contribution in [2.75, 3.05) is 14.2 Å². The molecule has 1 heterocycles. The van der Waals surface area contributed by atoms with Crippen LogP contribution >= 0.6 is 0 Å². The first-order valence-electron chi connectivity index (χ1n) is 6.89. The van der Waals surface area contributed by atoms with Crippen molar-refractivity contribution < 1.29 is 19.0 Å². The lowest BCUT2D eigenvalue weighted by molar-refractivity contribution is 0.00619. The fourth-order valence-corrected chi connectivity index (χ4v) is 1.99. The van der Waals surface area contributed by atoms with Crippen molar-refractivity contribution in [3.05, 3.63) is 23.5 Å². The number of esters is 1. The number of fused-ring (bicyclic) bond motifs is 1. The minimum Gasteiger partial charge on any atom is -0.493 e. The Morgan fingerprint density at radius 2 is 1.50 bits per heavy atom. The van der Waals surface area contributed by atoms with Crippen LogP contribution in [0.1, 0.15) is 37.0 Å². The van der Waals surface area contributed by atoms with Crippen LogP contribution in [0.4, 0.5) is 0 Å². The second-order valence-corrected chi connectivity index (χ2v) is 5.86. The highest BCUT2D eigenvalue weighted by molar-refractivity contribution is 5.91. The maximum atomic E-state index is 12.2. The molecular formula is C16H20N2O4. The maximum Gasteiger partial charge on any atom is 0.359 e. The molecule has 0 bridgehead atoms. The molecular weight excluding hydrogens is 284 g/mol. The molecule has 0 saturated heterocycles. The number of rotatable bonds is 3. The predicted molar refractivity (Wildman–Crippen MR) is 82.5 cm³/mol. The summed E-state index contributed by atoms with van der Waals surface area (Å²) in [5.74, 6) is 0.603. The first-order chi connectivity index (χ1) is 10.2. The number of hydrogen-bond donors (Lipinski definition) is 0. The molecule has 0 amide bonds. The van der Waals surface area contributed by atoms with Gasteiger partial charge >= 0.3 is 5.97 Å². The van der Waals surface area contributed by atoms with Crippen molar-refractivity contribution in [1.29, 1.82) is 0 Å². The summed E-state index contributed by atoms with van der Waals surface area (Å²) >= 11 is 0. The Morgan fingerprint density at radius 1 is 1.00 bits per heavy atom. The van der Waals surface area contributed by atoms with Crippen molar-refractivity contribution >= 4 is 17.0 Å². The van der Waals surface area contributed by atoms with E-state index in [1.165, 1.54) is 0 Å². The molecule has 118 valence electrons. The van der Waals surface area contributed by atoms with Gasteiger partial charge in [-0.2, -0.15) is 0 Å². The number of hydrogen-bond acceptors (Lipinski definition) is 6. The first-order valence-corrected chi connectivity index (χ1v) is 6.89. The summed E-state index contributed by atoms with van der Waals surface area (Å²) in [5.41, 5.74) is 1.30. The van der Waals surface area contributed by atoms with Gasteiger partial charge in [0.1, 0.15) is 5.60 Å². The summed E-state index contributed by atoms with van der Waals surface area (Å²) < 4.78 is 15.8. The van der Waals surface area contributed by atoms with Crippen molar-refractivity contribution in [3.8, 4) is 11.5 Å². The van der Waals surface area contributed by atoms with Gasteiger partial charge in [-0.15, -0.1) is 0 Å². The molecule has 2 rings (SSSR count). The summed E-state index contributed by atoms with van der Waals surface area (Å²) in [4.78, 5) is 21.0. The molecule has 0 aliphatic rings. The molecule has 22 heavy (non-hydrogen) atoms. The molecule has 0 unspecified atom stereocenters. The van der Waals surface area contributed by atoms with E-state index in [0.29, 0.717) is 28.2 Å². The number of methoxy groups -OCH3 is 2. The fourth-order valence-electron chi connectivity index (χ4n) is 1.99.